The van der Waals surface area contributed by atoms with Gasteiger partial charge in [-0.05, 0) is 68.5 Å². The number of unbranched alkanes of at least 4 members (excludes halogenated alkanes) is 1. The van der Waals surface area contributed by atoms with Crippen LogP contribution in [0.5, 0.6) is 5.75 Å². The van der Waals surface area contributed by atoms with Crippen LogP contribution < -0.4 is 10.1 Å². The molecule has 0 atom stereocenters. The van der Waals surface area contributed by atoms with Gasteiger partial charge >= 0.3 is 12.1 Å². The molecule has 0 radical (unpaired) electrons. The van der Waals surface area contributed by atoms with Crippen LogP contribution in [0.4, 0.5) is 4.79 Å². The van der Waals surface area contributed by atoms with E-state index in [1.54, 1.807) is 0 Å². The zero-order valence-corrected chi connectivity index (χ0v) is 19.9. The molecule has 184 valence electrons. The number of alkyl carbamates (subject to hydrolysis) is 1. The van der Waals surface area contributed by atoms with E-state index >= 15 is 0 Å². The van der Waals surface area contributed by atoms with Gasteiger partial charge in [-0.3, -0.25) is 4.90 Å². The molecule has 1 heterocycles. The molecular formula is C27H36N2O5. The number of nitrogens with zero attached hydrogens (tertiary/aromatic N) is 1. The van der Waals surface area contributed by atoms with Crippen LogP contribution in [-0.4, -0.2) is 56.4 Å². The molecule has 2 aromatic rings. The standard InChI is InChI=1S/C27H36N2O5/c30-26(32-20-19-29-17-7-2-8-18-29)22-33-25-14-12-23(13-15-25)9-5-6-16-28-27(31)34-21-24-10-3-1-4-11-24/h1,3-4,10-15H,2,5-9,16-22H2,(H,28,31). The first kappa shape index (κ1) is 25.6. The molecule has 3 rings (SSSR count). The summed E-state index contributed by atoms with van der Waals surface area (Å²) in [6.45, 7) is 4.18. The molecule has 1 aliphatic heterocycles. The van der Waals surface area contributed by atoms with Crippen LogP contribution in [0.3, 0.4) is 0 Å². The lowest BCUT2D eigenvalue weighted by Crippen LogP contribution is -2.33. The second kappa shape index (κ2) is 15.0. The van der Waals surface area contributed by atoms with E-state index in [4.69, 9.17) is 14.2 Å². The molecule has 34 heavy (non-hydrogen) atoms. The van der Waals surface area contributed by atoms with Gasteiger partial charge in [-0.25, -0.2) is 9.59 Å². The van der Waals surface area contributed by atoms with E-state index in [2.05, 4.69) is 10.2 Å². The summed E-state index contributed by atoms with van der Waals surface area (Å²) in [6.07, 6.45) is 6.08. The van der Waals surface area contributed by atoms with Gasteiger partial charge in [0, 0.05) is 13.1 Å². The highest BCUT2D eigenvalue weighted by Crippen LogP contribution is 2.14. The van der Waals surface area contributed by atoms with Crippen molar-refractivity contribution in [2.24, 2.45) is 0 Å². The topological polar surface area (TPSA) is 77.1 Å². The lowest BCUT2D eigenvalue weighted by Gasteiger charge is -2.25. The van der Waals surface area contributed by atoms with Crippen molar-refractivity contribution in [2.45, 2.75) is 45.1 Å². The monoisotopic (exact) mass is 468 g/mol. The maximum atomic E-state index is 11.9. The molecule has 1 fully saturated rings. The fourth-order valence-corrected chi connectivity index (χ4v) is 3.83. The zero-order valence-electron chi connectivity index (χ0n) is 19.9. The summed E-state index contributed by atoms with van der Waals surface area (Å²) >= 11 is 0. The van der Waals surface area contributed by atoms with Crippen molar-refractivity contribution in [1.29, 1.82) is 0 Å². The molecule has 0 aliphatic carbocycles. The molecule has 1 N–H and O–H groups in total. The summed E-state index contributed by atoms with van der Waals surface area (Å²) < 4.78 is 16.0. The maximum Gasteiger partial charge on any atom is 0.407 e. The summed E-state index contributed by atoms with van der Waals surface area (Å²) in [5.74, 6) is 0.315. The van der Waals surface area contributed by atoms with Crippen molar-refractivity contribution >= 4 is 12.1 Å². The minimum atomic E-state index is -0.393. The van der Waals surface area contributed by atoms with Crippen LogP contribution in [0.2, 0.25) is 0 Å². The first-order valence-electron chi connectivity index (χ1n) is 12.2. The summed E-state index contributed by atoms with van der Waals surface area (Å²) in [6, 6.07) is 17.3. The molecule has 0 aromatic heterocycles. The van der Waals surface area contributed by atoms with E-state index in [-0.39, 0.29) is 19.2 Å². The van der Waals surface area contributed by atoms with Crippen molar-refractivity contribution < 1.29 is 23.8 Å². The van der Waals surface area contributed by atoms with Gasteiger partial charge < -0.3 is 19.5 Å². The first-order valence-corrected chi connectivity index (χ1v) is 12.2. The molecule has 1 saturated heterocycles. The van der Waals surface area contributed by atoms with Crippen LogP contribution in [-0.2, 0) is 27.3 Å². The highest BCUT2D eigenvalue weighted by Gasteiger charge is 2.11. The Morgan fingerprint density at radius 1 is 0.853 bits per heavy atom. The number of rotatable bonds is 13. The SMILES string of the molecule is O=C(COc1ccc(CCCCNC(=O)OCc2ccccc2)cc1)OCCN1CCCCC1. The van der Waals surface area contributed by atoms with Crippen molar-refractivity contribution in [3.63, 3.8) is 0 Å². The van der Waals surface area contributed by atoms with Crippen LogP contribution in [0.25, 0.3) is 0 Å². The number of carbonyl (C=O) groups is 2. The number of hydrogen-bond donors (Lipinski definition) is 1. The predicted octanol–water partition coefficient (Wildman–Crippen LogP) is 4.34. The lowest BCUT2D eigenvalue weighted by atomic mass is 10.1. The highest BCUT2D eigenvalue weighted by atomic mass is 16.6. The third kappa shape index (κ3) is 10.3. The number of carbonyl (C=O) groups excluding carboxylic acids is 2. The number of ether oxygens (including phenoxy) is 3. The van der Waals surface area contributed by atoms with E-state index in [0.29, 0.717) is 18.9 Å². The fourth-order valence-electron chi connectivity index (χ4n) is 3.83. The Bertz CT molecular complexity index is 851. The molecule has 2 aromatic carbocycles. The number of nitrogens with one attached hydrogen (secondary N) is 1. The van der Waals surface area contributed by atoms with Crippen molar-refractivity contribution in [1.82, 2.24) is 10.2 Å². The largest absolute Gasteiger partial charge is 0.482 e. The number of amides is 1. The Kier molecular flexibility index (Phi) is 11.2. The number of benzene rings is 2. The normalized spacial score (nSPS) is 13.8. The number of hydrogen-bond acceptors (Lipinski definition) is 6. The summed E-state index contributed by atoms with van der Waals surface area (Å²) in [4.78, 5) is 26.0. The number of piperidine rings is 1. The van der Waals surface area contributed by atoms with Gasteiger partial charge in [-0.2, -0.15) is 0 Å². The van der Waals surface area contributed by atoms with Gasteiger partial charge in [0.2, 0.25) is 0 Å². The van der Waals surface area contributed by atoms with Crippen LogP contribution in [0, 0.1) is 0 Å². The Balaban J connectivity index is 1.20. The average Bonchev–Trinajstić information content (AvgIpc) is 2.88. The summed E-state index contributed by atoms with van der Waals surface area (Å²) in [7, 11) is 0. The molecular weight excluding hydrogens is 432 g/mol. The molecule has 7 heteroatoms. The Morgan fingerprint density at radius 2 is 1.62 bits per heavy atom. The summed E-state index contributed by atoms with van der Waals surface area (Å²) in [5.41, 5.74) is 2.15. The highest BCUT2D eigenvalue weighted by molar-refractivity contribution is 5.71. The Hall–Kier alpha value is -3.06. The van der Waals surface area contributed by atoms with E-state index < -0.39 is 6.09 Å². The maximum absolute atomic E-state index is 11.9. The van der Waals surface area contributed by atoms with Crippen LogP contribution >= 0.6 is 0 Å². The number of esters is 1. The minimum absolute atomic E-state index is 0.0780. The van der Waals surface area contributed by atoms with Gasteiger partial charge in [0.25, 0.3) is 0 Å². The molecule has 0 spiro atoms. The molecule has 0 bridgehead atoms. The van der Waals surface area contributed by atoms with Gasteiger partial charge in [0.05, 0.1) is 0 Å². The molecule has 1 amide bonds. The minimum Gasteiger partial charge on any atom is -0.482 e. The van der Waals surface area contributed by atoms with E-state index in [0.717, 1.165) is 44.5 Å². The third-order valence-electron chi connectivity index (χ3n) is 5.77. The molecule has 0 unspecified atom stereocenters. The van der Waals surface area contributed by atoms with Crippen LogP contribution in [0.15, 0.2) is 54.6 Å². The quantitative estimate of drug-likeness (QED) is 0.348. The third-order valence-corrected chi connectivity index (χ3v) is 5.77. The van der Waals surface area contributed by atoms with Gasteiger partial charge in [-0.1, -0.05) is 48.9 Å². The molecule has 1 aliphatic rings. The lowest BCUT2D eigenvalue weighted by molar-refractivity contribution is -0.146. The van der Waals surface area contributed by atoms with Gasteiger partial charge in [-0.15, -0.1) is 0 Å². The molecule has 7 nitrogen and oxygen atoms in total. The average molecular weight is 469 g/mol. The van der Waals surface area contributed by atoms with Crippen molar-refractivity contribution in [3.8, 4) is 5.75 Å². The predicted molar refractivity (Wildman–Crippen MR) is 131 cm³/mol. The van der Waals surface area contributed by atoms with E-state index in [9.17, 15) is 9.59 Å². The van der Waals surface area contributed by atoms with Crippen molar-refractivity contribution in [2.75, 3.05) is 39.4 Å². The second-order valence-electron chi connectivity index (χ2n) is 8.50. The smallest absolute Gasteiger partial charge is 0.407 e. The second-order valence-corrected chi connectivity index (χ2v) is 8.50. The van der Waals surface area contributed by atoms with Gasteiger partial charge in [0.1, 0.15) is 19.0 Å². The van der Waals surface area contributed by atoms with E-state index in [1.165, 1.54) is 24.8 Å². The summed E-state index contributed by atoms with van der Waals surface area (Å²) in [5, 5.41) is 2.78. The Labute approximate surface area is 202 Å². The van der Waals surface area contributed by atoms with Gasteiger partial charge in [0.15, 0.2) is 6.61 Å². The van der Waals surface area contributed by atoms with E-state index in [1.807, 2.05) is 54.6 Å². The van der Waals surface area contributed by atoms with Crippen LogP contribution in [0.1, 0.15) is 43.2 Å². The zero-order chi connectivity index (χ0) is 23.8. The first-order chi connectivity index (χ1) is 16.7. The Morgan fingerprint density at radius 3 is 2.38 bits per heavy atom. The fraction of sp³-hybridized carbons (Fsp3) is 0.481. The number of aryl methyl sites for hydroxylation is 1. The van der Waals surface area contributed by atoms with Crippen molar-refractivity contribution in [3.05, 3.63) is 65.7 Å². The number of likely N-dealkylation sites (tertiary alicyclic amines) is 1. The molecule has 0 saturated carbocycles.